The second-order valence-corrected chi connectivity index (χ2v) is 3.13. The van der Waals surface area contributed by atoms with Crippen LogP contribution in [0.1, 0.15) is 10.4 Å². The van der Waals surface area contributed by atoms with Gasteiger partial charge in [0.2, 0.25) is 11.5 Å². The zero-order valence-electron chi connectivity index (χ0n) is 10.3. The zero-order valence-corrected chi connectivity index (χ0v) is 10.3. The lowest BCUT2D eigenvalue weighted by Gasteiger charge is -2.12. The molecule has 0 N–H and O–H groups in total. The van der Waals surface area contributed by atoms with Gasteiger partial charge in [-0.1, -0.05) is 0 Å². The van der Waals surface area contributed by atoms with Gasteiger partial charge >= 0.3 is 0 Å². The van der Waals surface area contributed by atoms with Gasteiger partial charge in [-0.25, -0.2) is 0 Å². The standard InChI is InChI=1S/C13H12O5/c1-16-11-7-9(10(15)5-4-6-14)8-12(17-2)13(11)18-3/h6-8H,1-3H3. The van der Waals surface area contributed by atoms with E-state index in [0.717, 1.165) is 0 Å². The molecular formula is C13H12O5. The molecule has 0 aromatic heterocycles. The Labute approximate surface area is 105 Å². The fourth-order valence-corrected chi connectivity index (χ4v) is 1.38. The highest BCUT2D eigenvalue weighted by molar-refractivity contribution is 6.11. The maximum absolute atomic E-state index is 11.7. The molecule has 0 heterocycles. The van der Waals surface area contributed by atoms with Gasteiger partial charge in [-0.05, 0) is 24.0 Å². The molecule has 0 atom stereocenters. The van der Waals surface area contributed by atoms with Gasteiger partial charge in [0.05, 0.1) is 21.3 Å². The van der Waals surface area contributed by atoms with E-state index in [0.29, 0.717) is 23.5 Å². The fraction of sp³-hybridized carbons (Fsp3) is 0.231. The molecule has 0 unspecified atom stereocenters. The molecule has 0 radical (unpaired) electrons. The van der Waals surface area contributed by atoms with Crippen LogP contribution < -0.4 is 14.2 Å². The number of aldehydes is 1. The van der Waals surface area contributed by atoms with Crippen molar-refractivity contribution >= 4 is 12.1 Å². The van der Waals surface area contributed by atoms with Crippen molar-refractivity contribution in [2.24, 2.45) is 0 Å². The third kappa shape index (κ3) is 2.80. The SMILES string of the molecule is COc1cc(C(=O)C#CC=O)cc(OC)c1OC. The third-order valence-electron chi connectivity index (χ3n) is 2.17. The van der Waals surface area contributed by atoms with Gasteiger partial charge in [0.1, 0.15) is 0 Å². The number of ketones is 1. The Hall–Kier alpha value is -2.48. The Morgan fingerprint density at radius 2 is 1.67 bits per heavy atom. The number of carbonyl (C=O) groups is 2. The molecule has 18 heavy (non-hydrogen) atoms. The predicted octanol–water partition coefficient (Wildman–Crippen LogP) is 1.10. The van der Waals surface area contributed by atoms with Crippen LogP contribution in [0, 0.1) is 11.8 Å². The van der Waals surface area contributed by atoms with Gasteiger partial charge in [-0.2, -0.15) is 0 Å². The number of hydrogen-bond donors (Lipinski definition) is 0. The molecule has 5 heteroatoms. The van der Waals surface area contributed by atoms with Crippen LogP contribution in [0.25, 0.3) is 0 Å². The first-order valence-electron chi connectivity index (χ1n) is 4.97. The highest BCUT2D eigenvalue weighted by atomic mass is 16.5. The van der Waals surface area contributed by atoms with Crippen LogP contribution in [0.3, 0.4) is 0 Å². The summed E-state index contributed by atoms with van der Waals surface area (Å²) in [6.07, 6.45) is 0.357. The molecule has 0 aliphatic heterocycles. The molecule has 0 aliphatic rings. The average Bonchev–Trinajstić information content (AvgIpc) is 2.42. The van der Waals surface area contributed by atoms with Gasteiger partial charge in [0, 0.05) is 5.56 Å². The maximum atomic E-state index is 11.7. The first-order valence-corrected chi connectivity index (χ1v) is 4.97. The van der Waals surface area contributed by atoms with Crippen LogP contribution in [0.2, 0.25) is 0 Å². The van der Waals surface area contributed by atoms with Crippen LogP contribution in [0.15, 0.2) is 12.1 Å². The maximum Gasteiger partial charge on any atom is 0.236 e. The lowest BCUT2D eigenvalue weighted by molar-refractivity contribution is -0.103. The Morgan fingerprint density at radius 3 is 2.06 bits per heavy atom. The van der Waals surface area contributed by atoms with Crippen molar-refractivity contribution in [3.8, 4) is 29.1 Å². The van der Waals surface area contributed by atoms with Gasteiger partial charge in [-0.15, -0.1) is 0 Å². The van der Waals surface area contributed by atoms with Gasteiger partial charge in [-0.3, -0.25) is 9.59 Å². The van der Waals surface area contributed by atoms with Gasteiger partial charge < -0.3 is 14.2 Å². The van der Waals surface area contributed by atoms with E-state index in [1.807, 2.05) is 0 Å². The minimum atomic E-state index is -0.499. The van der Waals surface area contributed by atoms with E-state index in [1.54, 1.807) is 0 Å². The molecule has 94 valence electrons. The summed E-state index contributed by atoms with van der Waals surface area (Å²) >= 11 is 0. The monoisotopic (exact) mass is 248 g/mol. The van der Waals surface area contributed by atoms with Crippen molar-refractivity contribution in [3.63, 3.8) is 0 Å². The Kier molecular flexibility index (Phi) is 4.76. The molecule has 0 amide bonds. The minimum Gasteiger partial charge on any atom is -0.493 e. The van der Waals surface area contributed by atoms with Gasteiger partial charge in [0.15, 0.2) is 17.8 Å². The molecule has 1 rings (SSSR count). The van der Waals surface area contributed by atoms with E-state index in [-0.39, 0.29) is 5.56 Å². The Bertz CT molecular complexity index is 497. The van der Waals surface area contributed by atoms with Crippen LogP contribution in [0.5, 0.6) is 17.2 Å². The second-order valence-electron chi connectivity index (χ2n) is 3.13. The molecule has 0 fully saturated rings. The number of hydrogen-bond acceptors (Lipinski definition) is 5. The van der Waals surface area contributed by atoms with Crippen LogP contribution >= 0.6 is 0 Å². The summed E-state index contributed by atoms with van der Waals surface area (Å²) in [6.45, 7) is 0. The number of benzene rings is 1. The van der Waals surface area contributed by atoms with Crippen molar-refractivity contribution in [1.82, 2.24) is 0 Å². The van der Waals surface area contributed by atoms with Crippen molar-refractivity contribution in [2.75, 3.05) is 21.3 Å². The molecule has 1 aromatic rings. The van der Waals surface area contributed by atoms with E-state index in [9.17, 15) is 9.59 Å². The van der Waals surface area contributed by atoms with E-state index in [1.165, 1.54) is 33.5 Å². The highest BCUT2D eigenvalue weighted by Gasteiger charge is 2.15. The molecule has 5 nitrogen and oxygen atoms in total. The average molecular weight is 248 g/mol. The summed E-state index contributed by atoms with van der Waals surface area (Å²) < 4.78 is 15.3. The lowest BCUT2D eigenvalue weighted by atomic mass is 10.1. The van der Waals surface area contributed by atoms with Crippen molar-refractivity contribution < 1.29 is 23.8 Å². The predicted molar refractivity (Wildman–Crippen MR) is 64.3 cm³/mol. The van der Waals surface area contributed by atoms with E-state index < -0.39 is 5.78 Å². The molecule has 0 aliphatic carbocycles. The Morgan fingerprint density at radius 1 is 1.11 bits per heavy atom. The topological polar surface area (TPSA) is 61.8 Å². The summed E-state index contributed by atoms with van der Waals surface area (Å²) in [5.41, 5.74) is 0.263. The van der Waals surface area contributed by atoms with Crippen molar-refractivity contribution in [2.45, 2.75) is 0 Å². The third-order valence-corrected chi connectivity index (χ3v) is 2.17. The smallest absolute Gasteiger partial charge is 0.236 e. The lowest BCUT2D eigenvalue weighted by Crippen LogP contribution is -2.00. The number of carbonyl (C=O) groups excluding carboxylic acids is 2. The molecule has 0 saturated carbocycles. The number of rotatable bonds is 4. The fourth-order valence-electron chi connectivity index (χ4n) is 1.38. The summed E-state index contributed by atoms with van der Waals surface area (Å²) in [7, 11) is 4.36. The zero-order chi connectivity index (χ0) is 13.5. The van der Waals surface area contributed by atoms with Crippen molar-refractivity contribution in [1.29, 1.82) is 0 Å². The first kappa shape index (κ1) is 13.6. The minimum absolute atomic E-state index is 0.263. The number of methoxy groups -OCH3 is 3. The van der Waals surface area contributed by atoms with Crippen LogP contribution in [0.4, 0.5) is 0 Å². The first-order chi connectivity index (χ1) is 8.67. The molecule has 1 aromatic carbocycles. The van der Waals surface area contributed by atoms with Crippen LogP contribution in [-0.4, -0.2) is 33.4 Å². The van der Waals surface area contributed by atoms with E-state index in [2.05, 4.69) is 11.8 Å². The molecule has 0 bridgehead atoms. The highest BCUT2D eigenvalue weighted by Crippen LogP contribution is 2.38. The normalized spacial score (nSPS) is 8.83. The Balaban J connectivity index is 3.31. The molecule has 0 saturated heterocycles. The number of ether oxygens (including phenoxy) is 3. The van der Waals surface area contributed by atoms with Crippen molar-refractivity contribution in [3.05, 3.63) is 17.7 Å². The summed E-state index contributed by atoms with van der Waals surface area (Å²) in [6, 6.07) is 2.95. The number of Topliss-reactive ketones (excluding diaryl/α,β-unsaturated/α-hetero) is 1. The summed E-state index contributed by atoms with van der Waals surface area (Å²) in [4.78, 5) is 21.7. The molecule has 0 spiro atoms. The van der Waals surface area contributed by atoms with Gasteiger partial charge in [0.25, 0.3) is 0 Å². The quantitative estimate of drug-likeness (QED) is 0.345. The summed E-state index contributed by atoms with van der Waals surface area (Å²) in [5, 5.41) is 0. The van der Waals surface area contributed by atoms with Crippen LogP contribution in [-0.2, 0) is 4.79 Å². The second kappa shape index (κ2) is 6.30. The summed E-state index contributed by atoms with van der Waals surface area (Å²) in [5.74, 6) is 4.84. The van der Waals surface area contributed by atoms with E-state index >= 15 is 0 Å². The molecular weight excluding hydrogens is 236 g/mol. The van der Waals surface area contributed by atoms with E-state index in [4.69, 9.17) is 14.2 Å². The largest absolute Gasteiger partial charge is 0.493 e.